The molecule has 3 N–H and O–H groups in total. The summed E-state index contributed by atoms with van der Waals surface area (Å²) in [7, 11) is 0. The first-order valence-electron chi connectivity index (χ1n) is 11.3. The Balaban J connectivity index is 1.41. The Labute approximate surface area is 184 Å². The van der Waals surface area contributed by atoms with Crippen LogP contribution in [0.2, 0.25) is 0 Å². The van der Waals surface area contributed by atoms with Crippen molar-refractivity contribution in [3.8, 4) is 5.75 Å². The van der Waals surface area contributed by atoms with Gasteiger partial charge in [-0.05, 0) is 67.8 Å². The second-order valence-corrected chi connectivity index (χ2v) is 8.01. The topological polar surface area (TPSA) is 79.5 Å². The summed E-state index contributed by atoms with van der Waals surface area (Å²) >= 11 is 0. The second-order valence-electron chi connectivity index (χ2n) is 8.01. The van der Waals surface area contributed by atoms with Gasteiger partial charge in [-0.3, -0.25) is 9.59 Å². The van der Waals surface area contributed by atoms with E-state index in [0.717, 1.165) is 37.1 Å². The minimum absolute atomic E-state index is 0.0476. The first-order valence-corrected chi connectivity index (χ1v) is 11.3. The van der Waals surface area contributed by atoms with Crippen molar-refractivity contribution < 1.29 is 14.3 Å². The number of hydrogen-bond donors (Lipinski definition) is 3. The highest BCUT2D eigenvalue weighted by molar-refractivity contribution is 5.96. The quantitative estimate of drug-likeness (QED) is 0.471. The fourth-order valence-electron chi connectivity index (χ4n) is 3.61. The normalized spacial score (nSPS) is 14.0. The Morgan fingerprint density at radius 1 is 0.935 bits per heavy atom. The number of amides is 2. The predicted molar refractivity (Wildman–Crippen MR) is 125 cm³/mol. The lowest BCUT2D eigenvalue weighted by Crippen LogP contribution is -2.36. The minimum atomic E-state index is -0.150. The van der Waals surface area contributed by atoms with E-state index in [9.17, 15) is 9.59 Å². The van der Waals surface area contributed by atoms with Gasteiger partial charge in [-0.2, -0.15) is 0 Å². The fourth-order valence-corrected chi connectivity index (χ4v) is 3.61. The molecule has 2 aromatic rings. The summed E-state index contributed by atoms with van der Waals surface area (Å²) in [6.45, 7) is 3.00. The number of nitrogens with one attached hydrogen (secondary N) is 3. The molecule has 2 amide bonds. The van der Waals surface area contributed by atoms with Crippen LogP contribution in [0.15, 0.2) is 48.5 Å². The van der Waals surface area contributed by atoms with Crippen molar-refractivity contribution in [1.29, 1.82) is 0 Å². The Hall–Kier alpha value is -3.02. The highest BCUT2D eigenvalue weighted by atomic mass is 16.5. The van der Waals surface area contributed by atoms with Crippen LogP contribution in [0.5, 0.6) is 5.75 Å². The van der Waals surface area contributed by atoms with Gasteiger partial charge >= 0.3 is 0 Å². The standard InChI is InChI=1S/C25H33N3O3/c1-2-3-17-31-23-15-13-20(14-16-23)26-18-24(29)27-22-11-9-19(10-12-22)25(30)28-21-7-5-4-6-8-21/h9-16,21,26H,2-8,17-18H2,1H3,(H,27,29)(H,28,30). The molecule has 0 radical (unpaired) electrons. The molecule has 0 aromatic heterocycles. The number of benzene rings is 2. The zero-order valence-corrected chi connectivity index (χ0v) is 18.3. The van der Waals surface area contributed by atoms with Crippen LogP contribution in [0.25, 0.3) is 0 Å². The fraction of sp³-hybridized carbons (Fsp3) is 0.440. The Kier molecular flexibility index (Phi) is 8.76. The van der Waals surface area contributed by atoms with Gasteiger partial charge in [0.2, 0.25) is 5.91 Å². The summed E-state index contributed by atoms with van der Waals surface area (Å²) in [6.07, 6.45) is 7.87. The van der Waals surface area contributed by atoms with Gasteiger partial charge in [-0.15, -0.1) is 0 Å². The van der Waals surface area contributed by atoms with Crippen molar-refractivity contribution in [1.82, 2.24) is 5.32 Å². The van der Waals surface area contributed by atoms with Crippen molar-refractivity contribution in [2.24, 2.45) is 0 Å². The Morgan fingerprint density at radius 2 is 1.61 bits per heavy atom. The third-order valence-corrected chi connectivity index (χ3v) is 5.45. The monoisotopic (exact) mass is 423 g/mol. The molecule has 0 saturated heterocycles. The largest absolute Gasteiger partial charge is 0.494 e. The molecule has 0 aliphatic heterocycles. The molecule has 6 nitrogen and oxygen atoms in total. The smallest absolute Gasteiger partial charge is 0.251 e. The van der Waals surface area contributed by atoms with E-state index >= 15 is 0 Å². The third kappa shape index (κ3) is 7.63. The average molecular weight is 424 g/mol. The van der Waals surface area contributed by atoms with Crippen LogP contribution in [0, 0.1) is 0 Å². The van der Waals surface area contributed by atoms with Crippen molar-refractivity contribution in [3.05, 3.63) is 54.1 Å². The maximum Gasteiger partial charge on any atom is 0.251 e. The van der Waals surface area contributed by atoms with E-state index in [1.165, 1.54) is 19.3 Å². The molecule has 0 heterocycles. The van der Waals surface area contributed by atoms with E-state index in [0.29, 0.717) is 17.9 Å². The lowest BCUT2D eigenvalue weighted by molar-refractivity contribution is -0.114. The van der Waals surface area contributed by atoms with Gasteiger partial charge in [0.25, 0.3) is 5.91 Å². The average Bonchev–Trinajstić information content (AvgIpc) is 2.80. The lowest BCUT2D eigenvalue weighted by Gasteiger charge is -2.22. The first-order chi connectivity index (χ1) is 15.1. The Bertz CT molecular complexity index is 828. The number of ether oxygens (including phenoxy) is 1. The van der Waals surface area contributed by atoms with Crippen LogP contribution >= 0.6 is 0 Å². The first kappa shape index (κ1) is 22.7. The molecule has 2 aromatic carbocycles. The van der Waals surface area contributed by atoms with Crippen LogP contribution in [0.1, 0.15) is 62.2 Å². The number of rotatable bonds is 10. The summed E-state index contributed by atoms with van der Waals surface area (Å²) in [5.41, 5.74) is 2.14. The Morgan fingerprint density at radius 3 is 2.29 bits per heavy atom. The van der Waals surface area contributed by atoms with E-state index in [-0.39, 0.29) is 24.4 Å². The highest BCUT2D eigenvalue weighted by Gasteiger charge is 2.16. The predicted octanol–water partition coefficient (Wildman–Crippen LogP) is 4.98. The molecule has 3 rings (SSSR count). The maximum absolute atomic E-state index is 12.4. The summed E-state index contributed by atoms with van der Waals surface area (Å²) in [5, 5.41) is 9.06. The van der Waals surface area contributed by atoms with Crippen molar-refractivity contribution in [2.75, 3.05) is 23.8 Å². The van der Waals surface area contributed by atoms with Gasteiger partial charge in [0.05, 0.1) is 13.2 Å². The summed E-state index contributed by atoms with van der Waals surface area (Å²) < 4.78 is 5.64. The van der Waals surface area contributed by atoms with E-state index in [1.54, 1.807) is 24.3 Å². The van der Waals surface area contributed by atoms with Gasteiger partial charge in [-0.25, -0.2) is 0 Å². The van der Waals surface area contributed by atoms with E-state index < -0.39 is 0 Å². The summed E-state index contributed by atoms with van der Waals surface area (Å²) in [6, 6.07) is 14.9. The van der Waals surface area contributed by atoms with Crippen LogP contribution in [-0.4, -0.2) is 31.0 Å². The third-order valence-electron chi connectivity index (χ3n) is 5.45. The number of carbonyl (C=O) groups is 2. The minimum Gasteiger partial charge on any atom is -0.494 e. The highest BCUT2D eigenvalue weighted by Crippen LogP contribution is 2.19. The molecule has 6 heteroatoms. The summed E-state index contributed by atoms with van der Waals surface area (Å²) in [4.78, 5) is 24.6. The lowest BCUT2D eigenvalue weighted by atomic mass is 9.95. The zero-order chi connectivity index (χ0) is 21.9. The van der Waals surface area contributed by atoms with Crippen LogP contribution in [0.4, 0.5) is 11.4 Å². The molecule has 1 saturated carbocycles. The molecular formula is C25H33N3O3. The van der Waals surface area contributed by atoms with Gasteiger partial charge in [0.15, 0.2) is 0 Å². The van der Waals surface area contributed by atoms with Crippen molar-refractivity contribution in [2.45, 2.75) is 57.9 Å². The molecule has 166 valence electrons. The van der Waals surface area contributed by atoms with Crippen LogP contribution < -0.4 is 20.7 Å². The van der Waals surface area contributed by atoms with Crippen molar-refractivity contribution >= 4 is 23.2 Å². The van der Waals surface area contributed by atoms with E-state index in [4.69, 9.17) is 4.74 Å². The van der Waals surface area contributed by atoms with E-state index in [2.05, 4.69) is 22.9 Å². The molecule has 0 unspecified atom stereocenters. The van der Waals surface area contributed by atoms with Gasteiger partial charge in [0.1, 0.15) is 5.75 Å². The number of hydrogen-bond acceptors (Lipinski definition) is 4. The van der Waals surface area contributed by atoms with Crippen LogP contribution in [0.3, 0.4) is 0 Å². The number of carbonyl (C=O) groups excluding carboxylic acids is 2. The zero-order valence-electron chi connectivity index (χ0n) is 18.3. The van der Waals surface area contributed by atoms with E-state index in [1.807, 2.05) is 24.3 Å². The molecule has 0 bridgehead atoms. The molecule has 0 atom stereocenters. The van der Waals surface area contributed by atoms with Gasteiger partial charge in [0, 0.05) is 23.0 Å². The van der Waals surface area contributed by atoms with Gasteiger partial charge in [-0.1, -0.05) is 32.6 Å². The van der Waals surface area contributed by atoms with Gasteiger partial charge < -0.3 is 20.7 Å². The SMILES string of the molecule is CCCCOc1ccc(NCC(=O)Nc2ccc(C(=O)NC3CCCCC3)cc2)cc1. The van der Waals surface area contributed by atoms with Crippen molar-refractivity contribution in [3.63, 3.8) is 0 Å². The summed E-state index contributed by atoms with van der Waals surface area (Å²) in [5.74, 6) is 0.632. The number of anilines is 2. The molecule has 0 spiro atoms. The second kappa shape index (κ2) is 12.0. The number of unbranched alkanes of at least 4 members (excludes halogenated alkanes) is 1. The molecule has 1 aliphatic carbocycles. The molecular weight excluding hydrogens is 390 g/mol. The molecule has 31 heavy (non-hydrogen) atoms. The molecule has 1 fully saturated rings. The maximum atomic E-state index is 12.4. The van der Waals surface area contributed by atoms with Crippen LogP contribution in [-0.2, 0) is 4.79 Å². The molecule has 1 aliphatic rings.